The van der Waals surface area contributed by atoms with E-state index < -0.39 is 52.5 Å². The number of hydrogen-bond donors (Lipinski definition) is 0. The standard InChI is InChI=1S/C55H31F12N3/c1-29-17-33(21-37(19-29)53(59,60)61)31-11-14-42-40-7-3-5-9-46(40)69(49(42)23-31)48-27-44(39-16-13-36(52(56,57)58)26-45(39)55(65,66)67)51(25-35(48)28-68)70-47-10-6-4-8-41(47)43-15-12-32(24-50(43)70)34-18-30(2)20-38(22-34)54(62,63)64/h3-27H,1-2H3. The lowest BCUT2D eigenvalue weighted by Crippen LogP contribution is -2.13. The molecule has 0 bridgehead atoms. The fourth-order valence-electron chi connectivity index (χ4n) is 9.49. The fourth-order valence-corrected chi connectivity index (χ4v) is 9.49. The van der Waals surface area contributed by atoms with Gasteiger partial charge in [-0.25, -0.2) is 0 Å². The third kappa shape index (κ3) is 7.86. The highest BCUT2D eigenvalue weighted by atomic mass is 19.4. The van der Waals surface area contributed by atoms with Crippen molar-refractivity contribution >= 4 is 43.6 Å². The molecule has 0 amide bonds. The van der Waals surface area contributed by atoms with Crippen LogP contribution in [0.25, 0.3) is 88.4 Å². The lowest BCUT2D eigenvalue weighted by atomic mass is 9.93. The first-order chi connectivity index (χ1) is 33.0. The number of alkyl halides is 12. The Labute approximate surface area is 389 Å². The quantitative estimate of drug-likeness (QED) is 0.158. The van der Waals surface area contributed by atoms with Crippen molar-refractivity contribution in [2.75, 3.05) is 0 Å². The van der Waals surface area contributed by atoms with Crippen molar-refractivity contribution in [2.45, 2.75) is 38.6 Å². The van der Waals surface area contributed by atoms with Crippen molar-refractivity contribution in [1.29, 1.82) is 5.26 Å². The number of fused-ring (bicyclic) bond motifs is 6. The number of halogens is 12. The molecule has 0 fully saturated rings. The summed E-state index contributed by atoms with van der Waals surface area (Å²) < 4.78 is 176. The summed E-state index contributed by atoms with van der Waals surface area (Å²) in [5.41, 5.74) is -3.18. The predicted molar refractivity (Wildman–Crippen MR) is 246 cm³/mol. The first-order valence-corrected chi connectivity index (χ1v) is 21.3. The van der Waals surface area contributed by atoms with Crippen LogP contribution in [0.3, 0.4) is 0 Å². The van der Waals surface area contributed by atoms with E-state index in [0.717, 1.165) is 24.3 Å². The Bertz CT molecular complexity index is 3820. The molecule has 2 heterocycles. The third-order valence-corrected chi connectivity index (χ3v) is 12.5. The monoisotopic (exact) mass is 961 g/mol. The first-order valence-electron chi connectivity index (χ1n) is 21.3. The van der Waals surface area contributed by atoms with Crippen LogP contribution < -0.4 is 0 Å². The minimum Gasteiger partial charge on any atom is -0.309 e. The van der Waals surface area contributed by atoms with Gasteiger partial charge in [0.1, 0.15) is 6.07 Å². The molecule has 0 N–H and O–H groups in total. The van der Waals surface area contributed by atoms with E-state index in [2.05, 4.69) is 6.07 Å². The van der Waals surface area contributed by atoms with E-state index >= 15 is 13.2 Å². The second kappa shape index (κ2) is 16.0. The summed E-state index contributed by atoms with van der Waals surface area (Å²) in [7, 11) is 0. The number of benzene rings is 8. The van der Waals surface area contributed by atoms with Crippen LogP contribution in [0.1, 0.15) is 38.9 Å². The molecule has 10 rings (SSSR count). The van der Waals surface area contributed by atoms with Crippen molar-refractivity contribution < 1.29 is 52.7 Å². The molecule has 10 aromatic rings. The van der Waals surface area contributed by atoms with Crippen LogP contribution in [0.4, 0.5) is 52.7 Å². The normalized spacial score (nSPS) is 12.7. The van der Waals surface area contributed by atoms with Crippen LogP contribution in [0.2, 0.25) is 0 Å². The second-order valence-corrected chi connectivity index (χ2v) is 17.1. The van der Waals surface area contributed by atoms with Crippen molar-refractivity contribution in [3.63, 3.8) is 0 Å². The predicted octanol–water partition coefficient (Wildman–Crippen LogP) is 17.4. The summed E-state index contributed by atoms with van der Waals surface area (Å²) in [6.07, 6.45) is -19.9. The molecular weight excluding hydrogens is 931 g/mol. The maximum absolute atomic E-state index is 15.4. The topological polar surface area (TPSA) is 33.6 Å². The molecule has 0 aliphatic rings. The molecule has 0 saturated heterocycles. The third-order valence-electron chi connectivity index (χ3n) is 12.5. The van der Waals surface area contributed by atoms with E-state index in [1.165, 1.54) is 30.5 Å². The summed E-state index contributed by atoms with van der Waals surface area (Å²) in [6, 6.07) is 36.4. The van der Waals surface area contributed by atoms with Gasteiger partial charge in [-0.05, 0) is 126 Å². The van der Waals surface area contributed by atoms with E-state index in [0.29, 0.717) is 72.5 Å². The SMILES string of the molecule is Cc1cc(-c2ccc3c4ccccc4n(-c4cc(-c5ccc(C(F)(F)F)cc5C(F)(F)F)c(-n5c6ccccc6c6ccc(-c7cc(C)cc(C(F)(F)F)c7)cc65)cc4C#N)c3c2)cc(C(F)(F)F)c1. The molecule has 3 nitrogen and oxygen atoms in total. The zero-order chi connectivity index (χ0) is 49.8. The van der Waals surface area contributed by atoms with Gasteiger partial charge >= 0.3 is 24.7 Å². The Morgan fingerprint density at radius 2 is 0.829 bits per heavy atom. The molecule has 70 heavy (non-hydrogen) atoms. The van der Waals surface area contributed by atoms with Crippen molar-refractivity contribution in [3.8, 4) is 50.8 Å². The summed E-state index contributed by atoms with van der Waals surface area (Å²) >= 11 is 0. The van der Waals surface area contributed by atoms with E-state index in [1.54, 1.807) is 102 Å². The Morgan fingerprint density at radius 1 is 0.371 bits per heavy atom. The largest absolute Gasteiger partial charge is 0.417 e. The lowest BCUT2D eigenvalue weighted by Gasteiger charge is -2.22. The number of rotatable bonds is 5. The van der Waals surface area contributed by atoms with Gasteiger partial charge in [0.25, 0.3) is 0 Å². The zero-order valence-electron chi connectivity index (χ0n) is 36.3. The Morgan fingerprint density at radius 3 is 1.29 bits per heavy atom. The molecule has 0 radical (unpaired) electrons. The van der Waals surface area contributed by atoms with Gasteiger partial charge in [-0.2, -0.15) is 57.9 Å². The van der Waals surface area contributed by atoms with Crippen molar-refractivity contribution in [1.82, 2.24) is 9.13 Å². The zero-order valence-corrected chi connectivity index (χ0v) is 36.3. The van der Waals surface area contributed by atoms with Crippen LogP contribution in [0.5, 0.6) is 0 Å². The van der Waals surface area contributed by atoms with E-state index in [-0.39, 0.29) is 45.2 Å². The molecule has 0 saturated carbocycles. The Hall–Kier alpha value is -7.99. The van der Waals surface area contributed by atoms with Crippen molar-refractivity contribution in [2.24, 2.45) is 0 Å². The van der Waals surface area contributed by atoms with Crippen LogP contribution in [-0.2, 0) is 24.7 Å². The van der Waals surface area contributed by atoms with Gasteiger partial charge in [-0.1, -0.05) is 78.9 Å². The number of nitriles is 1. The van der Waals surface area contributed by atoms with Gasteiger partial charge in [0, 0.05) is 27.1 Å². The van der Waals surface area contributed by atoms with Crippen LogP contribution in [-0.4, -0.2) is 9.13 Å². The molecule has 350 valence electrons. The Balaban J connectivity index is 1.33. The summed E-state index contributed by atoms with van der Waals surface area (Å²) in [5.74, 6) is 0. The smallest absolute Gasteiger partial charge is 0.309 e. The average Bonchev–Trinajstić information content (AvgIpc) is 3.81. The van der Waals surface area contributed by atoms with E-state index in [1.807, 2.05) is 0 Å². The van der Waals surface area contributed by atoms with Gasteiger partial charge in [0.05, 0.1) is 61.3 Å². The van der Waals surface area contributed by atoms with E-state index in [4.69, 9.17) is 0 Å². The minimum absolute atomic E-state index is 0.0146. The minimum atomic E-state index is -5.37. The van der Waals surface area contributed by atoms with Crippen LogP contribution in [0, 0.1) is 25.2 Å². The maximum Gasteiger partial charge on any atom is 0.417 e. The molecular formula is C55H31F12N3. The number of hydrogen-bond acceptors (Lipinski definition) is 1. The first kappa shape index (κ1) is 45.8. The van der Waals surface area contributed by atoms with Gasteiger partial charge in [-0.3, -0.25) is 0 Å². The summed E-state index contributed by atoms with van der Waals surface area (Å²) in [6.45, 7) is 3.01. The highest BCUT2D eigenvalue weighted by Crippen LogP contribution is 2.47. The summed E-state index contributed by atoms with van der Waals surface area (Å²) in [5, 5.41) is 13.3. The van der Waals surface area contributed by atoms with Gasteiger partial charge in [0.15, 0.2) is 0 Å². The lowest BCUT2D eigenvalue weighted by molar-refractivity contribution is -0.143. The van der Waals surface area contributed by atoms with Gasteiger partial charge in [0.2, 0.25) is 0 Å². The molecule has 0 unspecified atom stereocenters. The molecule has 0 atom stereocenters. The van der Waals surface area contributed by atoms with Gasteiger partial charge in [-0.15, -0.1) is 0 Å². The number of aryl methyl sites for hydroxylation is 2. The van der Waals surface area contributed by atoms with Gasteiger partial charge < -0.3 is 9.13 Å². The van der Waals surface area contributed by atoms with Crippen LogP contribution >= 0.6 is 0 Å². The molecule has 0 aliphatic carbocycles. The number of aromatic nitrogens is 2. The Kier molecular flexibility index (Phi) is 10.5. The second-order valence-electron chi connectivity index (χ2n) is 17.1. The van der Waals surface area contributed by atoms with Crippen molar-refractivity contribution in [3.05, 3.63) is 191 Å². The number of para-hydroxylation sites is 2. The maximum atomic E-state index is 15.4. The van der Waals surface area contributed by atoms with Crippen LogP contribution in [0.15, 0.2) is 152 Å². The molecule has 0 spiro atoms. The summed E-state index contributed by atoms with van der Waals surface area (Å²) in [4.78, 5) is 0. The fraction of sp³-hybridized carbons (Fsp3) is 0.109. The van der Waals surface area contributed by atoms with E-state index in [9.17, 15) is 44.8 Å². The molecule has 0 aliphatic heterocycles. The molecule has 15 heteroatoms. The average molecular weight is 962 g/mol. The molecule has 2 aromatic heterocycles. The highest BCUT2D eigenvalue weighted by Gasteiger charge is 2.40. The number of nitrogens with zero attached hydrogens (tertiary/aromatic N) is 3. The highest BCUT2D eigenvalue weighted by molar-refractivity contribution is 6.12. The molecule has 8 aromatic carbocycles.